The number of benzene rings is 1. The van der Waals surface area contributed by atoms with E-state index in [-0.39, 0.29) is 18.1 Å². The first-order valence-electron chi connectivity index (χ1n) is 6.04. The average Bonchev–Trinajstić information content (AvgIpc) is 2.30. The standard InChI is InChI=1S/C14H20BrNO2/c1-5-14(3,4)16-13(17)9-18-12-8-11(15)7-6-10(12)2/h6-8H,5,9H2,1-4H3,(H,16,17). The molecule has 0 heterocycles. The van der Waals surface area contributed by atoms with Gasteiger partial charge in [-0.05, 0) is 44.9 Å². The number of nitrogens with one attached hydrogen (secondary N) is 1. The first kappa shape index (κ1) is 15.0. The molecule has 18 heavy (non-hydrogen) atoms. The van der Waals surface area contributed by atoms with E-state index in [2.05, 4.69) is 21.2 Å². The molecule has 0 aromatic heterocycles. The number of amides is 1. The fourth-order valence-electron chi connectivity index (χ4n) is 1.37. The number of halogens is 1. The fraction of sp³-hybridized carbons (Fsp3) is 0.500. The molecule has 0 saturated heterocycles. The van der Waals surface area contributed by atoms with Crippen molar-refractivity contribution in [3.63, 3.8) is 0 Å². The molecular formula is C14H20BrNO2. The zero-order valence-electron chi connectivity index (χ0n) is 11.3. The van der Waals surface area contributed by atoms with Gasteiger partial charge in [-0.3, -0.25) is 4.79 Å². The molecule has 0 aliphatic rings. The Morgan fingerprint density at radius 3 is 2.72 bits per heavy atom. The van der Waals surface area contributed by atoms with Crippen molar-refractivity contribution in [2.45, 2.75) is 39.7 Å². The Morgan fingerprint density at radius 1 is 1.44 bits per heavy atom. The van der Waals surface area contributed by atoms with Crippen molar-refractivity contribution >= 4 is 21.8 Å². The van der Waals surface area contributed by atoms with Gasteiger partial charge in [0.25, 0.3) is 5.91 Å². The second-order valence-corrected chi connectivity index (χ2v) is 5.90. The Balaban J connectivity index is 2.55. The largest absolute Gasteiger partial charge is 0.483 e. The van der Waals surface area contributed by atoms with Gasteiger partial charge in [-0.2, -0.15) is 0 Å². The third kappa shape index (κ3) is 4.69. The minimum absolute atomic E-state index is 0.0424. The highest BCUT2D eigenvalue weighted by atomic mass is 79.9. The zero-order chi connectivity index (χ0) is 13.8. The predicted molar refractivity (Wildman–Crippen MR) is 76.9 cm³/mol. The topological polar surface area (TPSA) is 38.3 Å². The number of hydrogen-bond acceptors (Lipinski definition) is 2. The zero-order valence-corrected chi connectivity index (χ0v) is 12.9. The molecule has 0 spiro atoms. The summed E-state index contributed by atoms with van der Waals surface area (Å²) in [4.78, 5) is 11.7. The molecule has 1 aromatic carbocycles. The van der Waals surface area contributed by atoms with E-state index in [0.29, 0.717) is 0 Å². The molecule has 0 bridgehead atoms. The Kier molecular flexibility index (Phi) is 5.20. The second-order valence-electron chi connectivity index (χ2n) is 4.98. The summed E-state index contributed by atoms with van der Waals surface area (Å²) in [5.41, 5.74) is 0.827. The molecule has 1 aromatic rings. The van der Waals surface area contributed by atoms with E-state index in [4.69, 9.17) is 4.74 Å². The van der Waals surface area contributed by atoms with Gasteiger partial charge in [-0.15, -0.1) is 0 Å². The maximum atomic E-state index is 11.7. The van der Waals surface area contributed by atoms with Crippen molar-refractivity contribution in [1.29, 1.82) is 0 Å². The Morgan fingerprint density at radius 2 is 2.11 bits per heavy atom. The molecule has 0 fully saturated rings. The lowest BCUT2D eigenvalue weighted by Crippen LogP contribution is -2.44. The maximum absolute atomic E-state index is 11.7. The molecule has 0 aliphatic heterocycles. The molecule has 1 amide bonds. The van der Waals surface area contributed by atoms with Crippen LogP contribution in [0.4, 0.5) is 0 Å². The van der Waals surface area contributed by atoms with Gasteiger partial charge in [0.05, 0.1) is 0 Å². The van der Waals surface area contributed by atoms with E-state index in [1.54, 1.807) is 0 Å². The van der Waals surface area contributed by atoms with Gasteiger partial charge in [0.15, 0.2) is 6.61 Å². The minimum atomic E-state index is -0.188. The van der Waals surface area contributed by atoms with E-state index in [9.17, 15) is 4.79 Å². The fourth-order valence-corrected chi connectivity index (χ4v) is 1.71. The van der Waals surface area contributed by atoms with Gasteiger partial charge in [-0.1, -0.05) is 28.9 Å². The van der Waals surface area contributed by atoms with Crippen molar-refractivity contribution in [2.24, 2.45) is 0 Å². The van der Waals surface area contributed by atoms with Crippen LogP contribution in [0.3, 0.4) is 0 Å². The quantitative estimate of drug-likeness (QED) is 0.904. The van der Waals surface area contributed by atoms with E-state index < -0.39 is 0 Å². The van der Waals surface area contributed by atoms with Gasteiger partial charge in [0.1, 0.15) is 5.75 Å². The van der Waals surface area contributed by atoms with E-state index in [1.165, 1.54) is 0 Å². The van der Waals surface area contributed by atoms with Gasteiger partial charge >= 0.3 is 0 Å². The minimum Gasteiger partial charge on any atom is -0.483 e. The summed E-state index contributed by atoms with van der Waals surface area (Å²) in [6, 6.07) is 5.77. The van der Waals surface area contributed by atoms with Crippen molar-refractivity contribution in [3.05, 3.63) is 28.2 Å². The summed E-state index contributed by atoms with van der Waals surface area (Å²) in [7, 11) is 0. The molecule has 0 atom stereocenters. The second kappa shape index (κ2) is 6.23. The van der Waals surface area contributed by atoms with E-state index in [0.717, 1.165) is 22.2 Å². The van der Waals surface area contributed by atoms with E-state index in [1.807, 2.05) is 45.9 Å². The Labute approximate surface area is 117 Å². The van der Waals surface area contributed by atoms with Crippen molar-refractivity contribution in [1.82, 2.24) is 5.32 Å². The third-order valence-electron chi connectivity index (χ3n) is 2.87. The summed E-state index contributed by atoms with van der Waals surface area (Å²) in [5.74, 6) is 0.634. The number of carbonyl (C=O) groups is 1. The number of aryl methyl sites for hydroxylation is 1. The summed E-state index contributed by atoms with van der Waals surface area (Å²) < 4.78 is 6.47. The molecular weight excluding hydrogens is 294 g/mol. The number of ether oxygens (including phenoxy) is 1. The molecule has 1 rings (SSSR count). The molecule has 0 unspecified atom stereocenters. The smallest absolute Gasteiger partial charge is 0.258 e. The summed E-state index contributed by atoms with van der Waals surface area (Å²) in [5, 5.41) is 2.93. The lowest BCUT2D eigenvalue weighted by molar-refractivity contribution is -0.124. The van der Waals surface area contributed by atoms with Crippen LogP contribution in [0.15, 0.2) is 22.7 Å². The SMILES string of the molecule is CCC(C)(C)NC(=O)COc1cc(Br)ccc1C. The maximum Gasteiger partial charge on any atom is 0.258 e. The van der Waals surface area contributed by atoms with Crippen LogP contribution in [0.5, 0.6) is 5.75 Å². The van der Waals surface area contributed by atoms with Crippen LogP contribution in [-0.2, 0) is 4.79 Å². The van der Waals surface area contributed by atoms with Gasteiger partial charge in [-0.25, -0.2) is 0 Å². The number of carbonyl (C=O) groups excluding carboxylic acids is 1. The van der Waals surface area contributed by atoms with Crippen molar-refractivity contribution in [2.75, 3.05) is 6.61 Å². The van der Waals surface area contributed by atoms with E-state index >= 15 is 0 Å². The van der Waals surface area contributed by atoms with Crippen LogP contribution in [0, 0.1) is 6.92 Å². The predicted octanol–water partition coefficient (Wildman–Crippen LogP) is 3.44. The molecule has 4 heteroatoms. The summed E-state index contributed by atoms with van der Waals surface area (Å²) in [6.07, 6.45) is 0.884. The molecule has 0 aliphatic carbocycles. The van der Waals surface area contributed by atoms with Gasteiger partial charge < -0.3 is 10.1 Å². The monoisotopic (exact) mass is 313 g/mol. The molecule has 3 nitrogen and oxygen atoms in total. The number of rotatable bonds is 5. The van der Waals surface area contributed by atoms with Crippen LogP contribution < -0.4 is 10.1 Å². The van der Waals surface area contributed by atoms with Crippen molar-refractivity contribution in [3.8, 4) is 5.75 Å². The van der Waals surface area contributed by atoms with Crippen LogP contribution in [-0.4, -0.2) is 18.1 Å². The molecule has 100 valence electrons. The third-order valence-corrected chi connectivity index (χ3v) is 3.36. The van der Waals surface area contributed by atoms with Gasteiger partial charge in [0.2, 0.25) is 0 Å². The number of hydrogen-bond donors (Lipinski definition) is 1. The highest BCUT2D eigenvalue weighted by Gasteiger charge is 2.18. The normalized spacial score (nSPS) is 11.2. The van der Waals surface area contributed by atoms with Crippen LogP contribution in [0.1, 0.15) is 32.8 Å². The lowest BCUT2D eigenvalue weighted by atomic mass is 10.0. The molecule has 0 radical (unpaired) electrons. The van der Waals surface area contributed by atoms with Gasteiger partial charge in [0, 0.05) is 10.0 Å². The molecule has 1 N–H and O–H groups in total. The van der Waals surface area contributed by atoms with Crippen LogP contribution >= 0.6 is 15.9 Å². The molecule has 0 saturated carbocycles. The lowest BCUT2D eigenvalue weighted by Gasteiger charge is -2.24. The average molecular weight is 314 g/mol. The first-order chi connectivity index (χ1) is 8.34. The highest BCUT2D eigenvalue weighted by Crippen LogP contribution is 2.22. The highest BCUT2D eigenvalue weighted by molar-refractivity contribution is 9.10. The first-order valence-corrected chi connectivity index (χ1v) is 6.83. The van der Waals surface area contributed by atoms with Crippen LogP contribution in [0.25, 0.3) is 0 Å². The van der Waals surface area contributed by atoms with Crippen LogP contribution in [0.2, 0.25) is 0 Å². The summed E-state index contributed by atoms with van der Waals surface area (Å²) in [6.45, 7) is 8.03. The Bertz CT molecular complexity index is 430. The van der Waals surface area contributed by atoms with Crippen molar-refractivity contribution < 1.29 is 9.53 Å². The summed E-state index contributed by atoms with van der Waals surface area (Å²) >= 11 is 3.38. The Hall–Kier alpha value is -1.03.